The molecule has 0 spiro atoms. The lowest BCUT2D eigenvalue weighted by Crippen LogP contribution is -2.39. The third-order valence-corrected chi connectivity index (χ3v) is 4.11. The second kappa shape index (κ2) is 4.97. The molecule has 1 N–H and O–H groups in total. The third-order valence-electron chi connectivity index (χ3n) is 4.11. The molecule has 0 saturated carbocycles. The van der Waals surface area contributed by atoms with Crippen LogP contribution in [0.3, 0.4) is 0 Å². The van der Waals surface area contributed by atoms with Crippen molar-refractivity contribution in [2.45, 2.75) is 46.6 Å². The molecule has 118 valence electrons. The topological polar surface area (TPSA) is 70.5 Å². The Morgan fingerprint density at radius 2 is 2.09 bits per heavy atom. The molecule has 22 heavy (non-hydrogen) atoms. The zero-order valence-electron chi connectivity index (χ0n) is 13.5. The van der Waals surface area contributed by atoms with Gasteiger partial charge in [0.15, 0.2) is 5.65 Å². The van der Waals surface area contributed by atoms with Crippen LogP contribution in [0.15, 0.2) is 16.9 Å². The summed E-state index contributed by atoms with van der Waals surface area (Å²) in [6, 6.07) is 3.38. The number of nitrogens with zero attached hydrogens (tertiary/aromatic N) is 3. The molecule has 2 aromatic rings. The number of nitrogens with one attached hydrogen (secondary N) is 1. The number of hydrogen-bond donors (Lipinski definition) is 1. The SMILES string of the molecule is Cc1cc(=O)n2[nH]c([C@@H]3CCCN3C(=O)C(C)(C)C)cc2n1. The fourth-order valence-corrected chi connectivity index (χ4v) is 3.06. The third kappa shape index (κ3) is 2.42. The van der Waals surface area contributed by atoms with Gasteiger partial charge in [-0.2, -0.15) is 0 Å². The first-order valence-corrected chi connectivity index (χ1v) is 7.68. The Balaban J connectivity index is 2.01. The standard InChI is InChI=1S/C16H22N4O2/c1-10-8-14(21)20-13(17-10)9-11(18-20)12-6-5-7-19(12)15(22)16(2,3)4/h8-9,12,18H,5-7H2,1-4H3/t12-/m0/s1. The van der Waals surface area contributed by atoms with Gasteiger partial charge in [0.2, 0.25) is 5.91 Å². The first-order chi connectivity index (χ1) is 10.3. The maximum Gasteiger partial charge on any atom is 0.272 e. The largest absolute Gasteiger partial charge is 0.334 e. The molecule has 0 aliphatic carbocycles. The fraction of sp³-hybridized carbons (Fsp3) is 0.562. The van der Waals surface area contributed by atoms with Gasteiger partial charge in [0, 0.05) is 29.8 Å². The van der Waals surface area contributed by atoms with Crippen molar-refractivity contribution in [2.24, 2.45) is 5.41 Å². The van der Waals surface area contributed by atoms with Crippen molar-refractivity contribution in [1.82, 2.24) is 19.5 Å². The molecule has 3 rings (SSSR count). The summed E-state index contributed by atoms with van der Waals surface area (Å²) < 4.78 is 1.44. The summed E-state index contributed by atoms with van der Waals surface area (Å²) in [5.74, 6) is 0.144. The zero-order chi connectivity index (χ0) is 16.1. The van der Waals surface area contributed by atoms with Crippen LogP contribution in [-0.4, -0.2) is 31.9 Å². The Morgan fingerprint density at radius 3 is 2.77 bits per heavy atom. The number of amides is 1. The van der Waals surface area contributed by atoms with E-state index < -0.39 is 5.41 Å². The normalized spacial score (nSPS) is 19.1. The van der Waals surface area contributed by atoms with Gasteiger partial charge in [0.1, 0.15) is 0 Å². The van der Waals surface area contributed by atoms with Gasteiger partial charge in [-0.1, -0.05) is 20.8 Å². The number of aromatic nitrogens is 3. The van der Waals surface area contributed by atoms with Gasteiger partial charge in [0.05, 0.1) is 11.7 Å². The number of fused-ring (bicyclic) bond motifs is 1. The smallest absolute Gasteiger partial charge is 0.272 e. The second-order valence-corrected chi connectivity index (χ2v) is 7.05. The second-order valence-electron chi connectivity index (χ2n) is 7.05. The maximum atomic E-state index is 12.6. The molecule has 1 fully saturated rings. The van der Waals surface area contributed by atoms with Gasteiger partial charge in [0.25, 0.3) is 5.56 Å². The Hall–Kier alpha value is -2.11. The van der Waals surface area contributed by atoms with Gasteiger partial charge >= 0.3 is 0 Å². The summed E-state index contributed by atoms with van der Waals surface area (Å²) in [4.78, 5) is 30.9. The average Bonchev–Trinajstić information content (AvgIpc) is 3.01. The Bertz CT molecular complexity index is 782. The van der Waals surface area contributed by atoms with Crippen molar-refractivity contribution >= 4 is 11.6 Å². The van der Waals surface area contributed by atoms with Crippen LogP contribution in [0.4, 0.5) is 0 Å². The van der Waals surface area contributed by atoms with E-state index in [1.807, 2.05) is 31.7 Å². The number of aromatic amines is 1. The van der Waals surface area contributed by atoms with Gasteiger partial charge in [-0.3, -0.25) is 14.7 Å². The molecule has 0 radical (unpaired) electrons. The molecule has 0 bridgehead atoms. The number of hydrogen-bond acceptors (Lipinski definition) is 3. The molecule has 0 aromatic carbocycles. The lowest BCUT2D eigenvalue weighted by atomic mass is 9.94. The van der Waals surface area contributed by atoms with E-state index in [2.05, 4.69) is 10.1 Å². The predicted molar refractivity (Wildman–Crippen MR) is 83.7 cm³/mol. The van der Waals surface area contributed by atoms with E-state index in [1.54, 1.807) is 6.92 Å². The molecular weight excluding hydrogens is 280 g/mol. The summed E-state index contributed by atoms with van der Waals surface area (Å²) in [5, 5.41) is 3.12. The van der Waals surface area contributed by atoms with Crippen molar-refractivity contribution < 1.29 is 4.79 Å². The van der Waals surface area contributed by atoms with E-state index in [4.69, 9.17) is 0 Å². The molecule has 1 aliphatic rings. The lowest BCUT2D eigenvalue weighted by Gasteiger charge is -2.30. The summed E-state index contributed by atoms with van der Waals surface area (Å²) >= 11 is 0. The van der Waals surface area contributed by atoms with Crippen LogP contribution >= 0.6 is 0 Å². The summed E-state index contributed by atoms with van der Waals surface area (Å²) in [5.41, 5.74) is 1.66. The zero-order valence-corrected chi connectivity index (χ0v) is 13.5. The minimum absolute atomic E-state index is 0.00636. The van der Waals surface area contributed by atoms with Crippen molar-refractivity contribution in [3.63, 3.8) is 0 Å². The Kier molecular flexibility index (Phi) is 3.34. The molecule has 6 heteroatoms. The van der Waals surface area contributed by atoms with E-state index in [0.29, 0.717) is 11.3 Å². The van der Waals surface area contributed by atoms with Crippen LogP contribution in [-0.2, 0) is 4.79 Å². The minimum Gasteiger partial charge on any atom is -0.334 e. The number of carbonyl (C=O) groups is 1. The average molecular weight is 302 g/mol. The fourth-order valence-electron chi connectivity index (χ4n) is 3.06. The highest BCUT2D eigenvalue weighted by molar-refractivity contribution is 5.82. The van der Waals surface area contributed by atoms with Crippen molar-refractivity contribution in [3.05, 3.63) is 33.9 Å². The van der Waals surface area contributed by atoms with Crippen LogP contribution in [0, 0.1) is 12.3 Å². The van der Waals surface area contributed by atoms with Gasteiger partial charge in [-0.05, 0) is 19.8 Å². The van der Waals surface area contributed by atoms with Crippen LogP contribution in [0.25, 0.3) is 5.65 Å². The predicted octanol–water partition coefficient (Wildman–Crippen LogP) is 2.04. The van der Waals surface area contributed by atoms with Crippen LogP contribution in [0.1, 0.15) is 51.0 Å². The summed E-state index contributed by atoms with van der Waals surface area (Å²) in [6.07, 6.45) is 1.88. The molecule has 6 nitrogen and oxygen atoms in total. The molecule has 0 unspecified atom stereocenters. The van der Waals surface area contributed by atoms with Crippen LogP contribution in [0.2, 0.25) is 0 Å². The van der Waals surface area contributed by atoms with Crippen molar-refractivity contribution in [1.29, 1.82) is 0 Å². The molecule has 1 amide bonds. The highest BCUT2D eigenvalue weighted by atomic mass is 16.2. The van der Waals surface area contributed by atoms with E-state index >= 15 is 0 Å². The van der Waals surface area contributed by atoms with Crippen LogP contribution < -0.4 is 5.56 Å². The van der Waals surface area contributed by atoms with Crippen LogP contribution in [0.5, 0.6) is 0 Å². The van der Waals surface area contributed by atoms with Gasteiger partial charge in [-0.15, -0.1) is 0 Å². The van der Waals surface area contributed by atoms with Crippen molar-refractivity contribution in [2.75, 3.05) is 6.54 Å². The number of aryl methyl sites for hydroxylation is 1. The maximum absolute atomic E-state index is 12.6. The van der Waals surface area contributed by atoms with E-state index in [9.17, 15) is 9.59 Å². The first-order valence-electron chi connectivity index (χ1n) is 7.68. The summed E-state index contributed by atoms with van der Waals surface area (Å²) in [6.45, 7) is 8.37. The lowest BCUT2D eigenvalue weighted by molar-refractivity contribution is -0.140. The quantitative estimate of drug-likeness (QED) is 0.876. The molecular formula is C16H22N4O2. The first kappa shape index (κ1) is 14.8. The Labute approximate surface area is 129 Å². The van der Waals surface area contributed by atoms with E-state index in [1.165, 1.54) is 10.6 Å². The molecule has 1 saturated heterocycles. The Morgan fingerprint density at radius 1 is 1.36 bits per heavy atom. The molecule has 3 heterocycles. The number of carbonyl (C=O) groups excluding carboxylic acids is 1. The number of likely N-dealkylation sites (tertiary alicyclic amines) is 1. The van der Waals surface area contributed by atoms with E-state index in [0.717, 1.165) is 25.1 Å². The highest BCUT2D eigenvalue weighted by Crippen LogP contribution is 2.34. The monoisotopic (exact) mass is 302 g/mol. The number of H-pyrrole nitrogens is 1. The summed E-state index contributed by atoms with van der Waals surface area (Å²) in [7, 11) is 0. The minimum atomic E-state index is -0.402. The van der Waals surface area contributed by atoms with Gasteiger partial charge in [-0.25, -0.2) is 9.50 Å². The van der Waals surface area contributed by atoms with Crippen molar-refractivity contribution in [3.8, 4) is 0 Å². The molecule has 1 aliphatic heterocycles. The van der Waals surface area contributed by atoms with Gasteiger partial charge < -0.3 is 4.90 Å². The van der Waals surface area contributed by atoms with E-state index in [-0.39, 0.29) is 17.5 Å². The molecule has 2 aromatic heterocycles. The highest BCUT2D eigenvalue weighted by Gasteiger charge is 2.36. The molecule has 1 atom stereocenters. The number of rotatable bonds is 1.